The van der Waals surface area contributed by atoms with Crippen LogP contribution >= 0.6 is 27.3 Å². The van der Waals surface area contributed by atoms with E-state index in [0.29, 0.717) is 18.8 Å². The van der Waals surface area contributed by atoms with E-state index < -0.39 is 17.7 Å². The molecule has 0 radical (unpaired) electrons. The van der Waals surface area contributed by atoms with Crippen molar-refractivity contribution in [1.29, 1.82) is 0 Å². The molecular formula is C17H22BrN5O4S. The van der Waals surface area contributed by atoms with Crippen molar-refractivity contribution in [2.45, 2.75) is 45.3 Å². The van der Waals surface area contributed by atoms with Crippen LogP contribution in [0.5, 0.6) is 0 Å². The molecule has 28 heavy (non-hydrogen) atoms. The van der Waals surface area contributed by atoms with Crippen LogP contribution in [0.4, 0.5) is 10.6 Å². The van der Waals surface area contributed by atoms with E-state index in [4.69, 9.17) is 4.74 Å². The van der Waals surface area contributed by atoms with Crippen LogP contribution in [-0.2, 0) is 14.3 Å². The minimum absolute atomic E-state index is 0.215. The van der Waals surface area contributed by atoms with E-state index in [9.17, 15) is 14.4 Å². The van der Waals surface area contributed by atoms with E-state index in [0.717, 1.165) is 15.2 Å². The monoisotopic (exact) mass is 471 g/mol. The van der Waals surface area contributed by atoms with Crippen molar-refractivity contribution in [2.75, 3.05) is 18.4 Å². The van der Waals surface area contributed by atoms with Crippen molar-refractivity contribution < 1.29 is 19.1 Å². The predicted molar refractivity (Wildman–Crippen MR) is 108 cm³/mol. The Morgan fingerprint density at radius 1 is 1.36 bits per heavy atom. The minimum atomic E-state index is -0.662. The summed E-state index contributed by atoms with van der Waals surface area (Å²) < 4.78 is 7.88. The lowest BCUT2D eigenvalue weighted by atomic mass is 10.2. The Bertz CT molecular complexity index is 872. The highest BCUT2D eigenvalue weighted by atomic mass is 79.9. The zero-order chi connectivity index (χ0) is 20.5. The van der Waals surface area contributed by atoms with Crippen molar-refractivity contribution in [3.63, 3.8) is 0 Å². The number of likely N-dealkylation sites (tertiary alicyclic amines) is 1. The Morgan fingerprint density at radius 2 is 2.11 bits per heavy atom. The summed E-state index contributed by atoms with van der Waals surface area (Å²) >= 11 is 4.84. The van der Waals surface area contributed by atoms with Gasteiger partial charge in [0.25, 0.3) is 0 Å². The van der Waals surface area contributed by atoms with Gasteiger partial charge in [-0.05, 0) is 49.5 Å². The van der Waals surface area contributed by atoms with Crippen LogP contribution in [0, 0.1) is 0 Å². The number of amides is 3. The van der Waals surface area contributed by atoms with Crippen LogP contribution in [0.3, 0.4) is 0 Å². The number of alkyl carbamates (subject to hydrolysis) is 1. The largest absolute Gasteiger partial charge is 0.444 e. The molecule has 0 bridgehead atoms. The van der Waals surface area contributed by atoms with Gasteiger partial charge in [-0.2, -0.15) is 0 Å². The Morgan fingerprint density at radius 3 is 2.79 bits per heavy atom. The third kappa shape index (κ3) is 5.02. The minimum Gasteiger partial charge on any atom is -0.444 e. The number of carbonyl (C=O) groups excluding carboxylic acids is 3. The molecule has 1 aliphatic heterocycles. The molecule has 0 saturated carbocycles. The number of nitrogens with one attached hydrogen (secondary N) is 2. The SMILES string of the molecule is CC(C)(C)OC(=O)NCC(=O)N1CCC[C@H]1C(=O)Nc1cn2cc(Br)sc2n1. The molecule has 2 N–H and O–H groups in total. The fraction of sp³-hybridized carbons (Fsp3) is 0.529. The molecule has 9 nitrogen and oxygen atoms in total. The Hall–Kier alpha value is -2.14. The van der Waals surface area contributed by atoms with Crippen molar-refractivity contribution in [3.05, 3.63) is 16.2 Å². The summed E-state index contributed by atoms with van der Waals surface area (Å²) in [5.41, 5.74) is -0.642. The molecule has 0 unspecified atom stereocenters. The molecule has 3 amide bonds. The van der Waals surface area contributed by atoms with E-state index >= 15 is 0 Å². The number of anilines is 1. The van der Waals surface area contributed by atoms with Gasteiger partial charge in [-0.1, -0.05) is 11.3 Å². The molecule has 1 atom stereocenters. The number of thiazole rings is 1. The summed E-state index contributed by atoms with van der Waals surface area (Å²) in [6.45, 7) is 5.49. The quantitative estimate of drug-likeness (QED) is 0.712. The molecule has 2 aromatic heterocycles. The summed E-state index contributed by atoms with van der Waals surface area (Å²) in [7, 11) is 0. The zero-order valence-corrected chi connectivity index (χ0v) is 18.2. The maximum absolute atomic E-state index is 12.6. The molecule has 0 aromatic carbocycles. The van der Waals surface area contributed by atoms with Crippen LogP contribution in [0.2, 0.25) is 0 Å². The third-order valence-corrected chi connectivity index (χ3v) is 5.51. The normalized spacial score (nSPS) is 17.0. The summed E-state index contributed by atoms with van der Waals surface area (Å²) in [5, 5.41) is 5.22. The van der Waals surface area contributed by atoms with Gasteiger partial charge < -0.3 is 20.3 Å². The zero-order valence-electron chi connectivity index (χ0n) is 15.8. The van der Waals surface area contributed by atoms with Gasteiger partial charge in [-0.15, -0.1) is 0 Å². The highest BCUT2D eigenvalue weighted by Gasteiger charge is 2.34. The molecule has 152 valence electrons. The molecule has 3 heterocycles. The maximum atomic E-state index is 12.6. The first-order chi connectivity index (χ1) is 13.1. The second kappa shape index (κ2) is 8.08. The van der Waals surface area contributed by atoms with E-state index in [1.807, 2.05) is 10.6 Å². The maximum Gasteiger partial charge on any atom is 0.408 e. The van der Waals surface area contributed by atoms with Gasteiger partial charge in [0, 0.05) is 12.7 Å². The molecule has 11 heteroatoms. The topological polar surface area (TPSA) is 105 Å². The lowest BCUT2D eigenvalue weighted by molar-refractivity contribution is -0.135. The lowest BCUT2D eigenvalue weighted by Crippen LogP contribution is -2.47. The first-order valence-electron chi connectivity index (χ1n) is 8.83. The molecule has 1 fully saturated rings. The Labute approximate surface area is 174 Å². The fourth-order valence-corrected chi connectivity index (χ4v) is 4.29. The van der Waals surface area contributed by atoms with Crippen molar-refractivity contribution >= 4 is 56.0 Å². The highest BCUT2D eigenvalue weighted by molar-refractivity contribution is 9.11. The van der Waals surface area contributed by atoms with Gasteiger partial charge in [0.1, 0.15) is 18.2 Å². The molecule has 1 saturated heterocycles. The Kier molecular flexibility index (Phi) is 5.94. The number of carbonyl (C=O) groups is 3. The summed E-state index contributed by atoms with van der Waals surface area (Å²) in [6.07, 6.45) is 4.21. The predicted octanol–water partition coefficient (Wildman–Crippen LogP) is 2.61. The van der Waals surface area contributed by atoms with Crippen LogP contribution in [-0.4, -0.2) is 56.9 Å². The van der Waals surface area contributed by atoms with Gasteiger partial charge >= 0.3 is 6.09 Å². The molecule has 0 aliphatic carbocycles. The number of ether oxygens (including phenoxy) is 1. The summed E-state index contributed by atoms with van der Waals surface area (Å²) in [5.74, 6) is -0.166. The molecule has 0 spiro atoms. The average Bonchev–Trinajstić information content (AvgIpc) is 3.25. The van der Waals surface area contributed by atoms with Crippen LogP contribution in [0.1, 0.15) is 33.6 Å². The van der Waals surface area contributed by atoms with Crippen LogP contribution in [0.15, 0.2) is 16.2 Å². The molecule has 1 aliphatic rings. The molecule has 3 rings (SSSR count). The number of hydrogen-bond donors (Lipinski definition) is 2. The standard InChI is InChI=1S/C17H22BrN5O4S/c1-17(2,3)27-16(26)19-7-13(24)23-6-4-5-10(23)14(25)20-12-9-22-8-11(18)28-15(22)21-12/h8-10H,4-7H2,1-3H3,(H,19,26)(H,20,25)/t10-/m0/s1. The molecule has 2 aromatic rings. The number of halogens is 1. The second-order valence-corrected chi connectivity index (χ2v) is 9.83. The van der Waals surface area contributed by atoms with E-state index in [1.165, 1.54) is 16.2 Å². The van der Waals surface area contributed by atoms with Gasteiger partial charge in [0.05, 0.1) is 9.98 Å². The lowest BCUT2D eigenvalue weighted by Gasteiger charge is -2.24. The number of nitrogens with zero attached hydrogens (tertiary/aromatic N) is 3. The number of hydrogen-bond acceptors (Lipinski definition) is 6. The number of imidazole rings is 1. The number of rotatable bonds is 4. The van der Waals surface area contributed by atoms with Crippen molar-refractivity contribution in [2.24, 2.45) is 0 Å². The highest BCUT2D eigenvalue weighted by Crippen LogP contribution is 2.25. The first-order valence-corrected chi connectivity index (χ1v) is 10.4. The van der Waals surface area contributed by atoms with Crippen molar-refractivity contribution in [3.8, 4) is 0 Å². The van der Waals surface area contributed by atoms with Crippen molar-refractivity contribution in [1.82, 2.24) is 19.6 Å². The fourth-order valence-electron chi connectivity index (χ4n) is 2.94. The number of fused-ring (bicyclic) bond motifs is 1. The van der Waals surface area contributed by atoms with E-state index in [2.05, 4.69) is 31.5 Å². The smallest absolute Gasteiger partial charge is 0.408 e. The van der Waals surface area contributed by atoms with Crippen LogP contribution < -0.4 is 10.6 Å². The van der Waals surface area contributed by atoms with Gasteiger partial charge in [0.15, 0.2) is 10.8 Å². The van der Waals surface area contributed by atoms with Crippen LogP contribution in [0.25, 0.3) is 4.96 Å². The summed E-state index contributed by atoms with van der Waals surface area (Å²) in [6, 6.07) is -0.584. The van der Waals surface area contributed by atoms with Gasteiger partial charge in [-0.25, -0.2) is 9.78 Å². The van der Waals surface area contributed by atoms with Gasteiger partial charge in [-0.3, -0.25) is 14.0 Å². The van der Waals surface area contributed by atoms with E-state index in [1.54, 1.807) is 27.0 Å². The third-order valence-electron chi connectivity index (χ3n) is 4.04. The second-order valence-electron chi connectivity index (χ2n) is 7.44. The average molecular weight is 472 g/mol. The van der Waals surface area contributed by atoms with Gasteiger partial charge in [0.2, 0.25) is 11.8 Å². The number of aromatic nitrogens is 2. The summed E-state index contributed by atoms with van der Waals surface area (Å²) in [4.78, 5) is 43.4. The molecular weight excluding hydrogens is 450 g/mol. The Balaban J connectivity index is 1.56. The van der Waals surface area contributed by atoms with E-state index in [-0.39, 0.29) is 18.4 Å². The first kappa shape index (κ1) is 20.6.